The summed E-state index contributed by atoms with van der Waals surface area (Å²) in [6.45, 7) is 0.514. The van der Waals surface area contributed by atoms with Gasteiger partial charge in [0, 0.05) is 6.04 Å². The maximum Gasteiger partial charge on any atom is 0.316 e. The molecule has 7 heteroatoms. The van der Waals surface area contributed by atoms with Gasteiger partial charge in [0.2, 0.25) is 5.91 Å². The van der Waals surface area contributed by atoms with E-state index in [2.05, 4.69) is 15.3 Å². The van der Waals surface area contributed by atoms with E-state index in [0.29, 0.717) is 17.6 Å². The predicted molar refractivity (Wildman–Crippen MR) is 98.0 cm³/mol. The smallest absolute Gasteiger partial charge is 0.316 e. The van der Waals surface area contributed by atoms with Gasteiger partial charge in [-0.2, -0.15) is 0 Å². The summed E-state index contributed by atoms with van der Waals surface area (Å²) >= 11 is 5.76. The van der Waals surface area contributed by atoms with Crippen LogP contribution in [0, 0.1) is 0 Å². The highest BCUT2D eigenvalue weighted by Gasteiger charge is 2.24. The summed E-state index contributed by atoms with van der Waals surface area (Å²) in [6.07, 6.45) is 6.53. The monoisotopic (exact) mass is 375 g/mol. The van der Waals surface area contributed by atoms with Crippen molar-refractivity contribution >= 4 is 17.5 Å². The van der Waals surface area contributed by atoms with Crippen molar-refractivity contribution in [1.82, 2.24) is 15.3 Å². The van der Waals surface area contributed by atoms with Gasteiger partial charge < -0.3 is 14.8 Å². The van der Waals surface area contributed by atoms with Crippen LogP contribution in [0.3, 0.4) is 0 Å². The number of carbonyl (C=O) groups is 1. The second-order valence-electron chi connectivity index (χ2n) is 6.32. The molecule has 2 aromatic rings. The topological polar surface area (TPSA) is 73.3 Å². The normalized spacial score (nSPS) is 19.7. The van der Waals surface area contributed by atoms with Gasteiger partial charge in [-0.25, -0.2) is 9.97 Å². The molecule has 1 N–H and O–H groups in total. The zero-order chi connectivity index (χ0) is 18.2. The van der Waals surface area contributed by atoms with Crippen LogP contribution in [0.4, 0.5) is 0 Å². The molecule has 1 heterocycles. The molecular formula is C19H22ClN3O3. The minimum absolute atomic E-state index is 0.0682. The largest absolute Gasteiger partial charge is 0.460 e. The molecule has 0 spiro atoms. The molecule has 138 valence electrons. The molecule has 1 fully saturated rings. The van der Waals surface area contributed by atoms with E-state index in [9.17, 15) is 4.79 Å². The quantitative estimate of drug-likeness (QED) is 0.804. The third kappa shape index (κ3) is 5.97. The number of hydrogen-bond acceptors (Lipinski definition) is 5. The number of nitrogens with one attached hydrogen (secondary N) is 1. The Morgan fingerprint density at radius 1 is 1.12 bits per heavy atom. The van der Waals surface area contributed by atoms with Crippen molar-refractivity contribution in [2.75, 3.05) is 6.61 Å². The minimum atomic E-state index is -0.0775. The molecule has 3 rings (SSSR count). The van der Waals surface area contributed by atoms with Gasteiger partial charge in [0.15, 0.2) is 0 Å². The van der Waals surface area contributed by atoms with Crippen molar-refractivity contribution < 1.29 is 14.3 Å². The Morgan fingerprint density at radius 3 is 2.50 bits per heavy atom. The van der Waals surface area contributed by atoms with Crippen molar-refractivity contribution in [3.8, 4) is 6.01 Å². The Bertz CT molecular complexity index is 689. The summed E-state index contributed by atoms with van der Waals surface area (Å²) in [5, 5.41) is 3.51. The van der Waals surface area contributed by atoms with Crippen LogP contribution in [0.5, 0.6) is 6.01 Å². The minimum Gasteiger partial charge on any atom is -0.460 e. The highest BCUT2D eigenvalue weighted by Crippen LogP contribution is 2.22. The fourth-order valence-electron chi connectivity index (χ4n) is 2.94. The van der Waals surface area contributed by atoms with E-state index < -0.39 is 0 Å². The Hall–Kier alpha value is -2.18. The van der Waals surface area contributed by atoms with Crippen molar-refractivity contribution in [3.63, 3.8) is 0 Å². The average Bonchev–Trinajstić information content (AvgIpc) is 2.66. The first-order valence-electron chi connectivity index (χ1n) is 8.74. The summed E-state index contributed by atoms with van der Waals surface area (Å²) in [5.41, 5.74) is 1.06. The molecule has 0 radical (unpaired) electrons. The van der Waals surface area contributed by atoms with E-state index in [4.69, 9.17) is 21.1 Å². The standard InChI is InChI=1S/C19H22ClN3O3/c20-15-10-21-19(22-11-15)26-17-8-6-16(7-9-17)23-18(24)13-25-12-14-4-2-1-3-5-14/h1-5,10-11,16-17H,6-9,12-13H2,(H,23,24). The number of nitrogens with zero attached hydrogens (tertiary/aromatic N) is 2. The van der Waals surface area contributed by atoms with Gasteiger partial charge >= 0.3 is 6.01 Å². The molecule has 1 aromatic carbocycles. The average molecular weight is 376 g/mol. The Morgan fingerprint density at radius 2 is 1.81 bits per heavy atom. The number of amides is 1. The fraction of sp³-hybridized carbons (Fsp3) is 0.421. The van der Waals surface area contributed by atoms with Gasteiger partial charge in [-0.1, -0.05) is 41.9 Å². The maximum absolute atomic E-state index is 12.0. The third-order valence-corrected chi connectivity index (χ3v) is 4.45. The van der Waals surface area contributed by atoms with Gasteiger partial charge in [0.05, 0.1) is 24.0 Å². The lowest BCUT2D eigenvalue weighted by atomic mass is 9.93. The summed E-state index contributed by atoms with van der Waals surface area (Å²) < 4.78 is 11.2. The van der Waals surface area contributed by atoms with Crippen LogP contribution in [-0.4, -0.2) is 34.6 Å². The Labute approximate surface area is 157 Å². The van der Waals surface area contributed by atoms with Gasteiger partial charge in [-0.15, -0.1) is 0 Å². The van der Waals surface area contributed by atoms with Gasteiger partial charge in [0.25, 0.3) is 0 Å². The van der Waals surface area contributed by atoms with Crippen LogP contribution in [0.2, 0.25) is 5.02 Å². The maximum atomic E-state index is 12.0. The van der Waals surface area contributed by atoms with Crippen LogP contribution in [-0.2, 0) is 16.1 Å². The van der Waals surface area contributed by atoms with Crippen LogP contribution < -0.4 is 10.1 Å². The van der Waals surface area contributed by atoms with Gasteiger partial charge in [-0.05, 0) is 31.2 Å². The predicted octanol–water partition coefficient (Wildman–Crippen LogP) is 3.15. The zero-order valence-corrected chi connectivity index (χ0v) is 15.2. The van der Waals surface area contributed by atoms with E-state index in [-0.39, 0.29) is 24.7 Å². The molecule has 1 amide bonds. The molecule has 1 saturated carbocycles. The van der Waals surface area contributed by atoms with Gasteiger partial charge in [0.1, 0.15) is 12.7 Å². The first-order valence-corrected chi connectivity index (χ1v) is 9.12. The van der Waals surface area contributed by atoms with Gasteiger partial charge in [-0.3, -0.25) is 4.79 Å². The number of ether oxygens (including phenoxy) is 2. The van der Waals surface area contributed by atoms with Crippen molar-refractivity contribution in [3.05, 3.63) is 53.3 Å². The molecule has 1 aliphatic rings. The number of benzene rings is 1. The number of rotatable bonds is 7. The molecule has 0 bridgehead atoms. The molecule has 1 aromatic heterocycles. The SMILES string of the molecule is O=C(COCc1ccccc1)NC1CCC(Oc2ncc(Cl)cn2)CC1. The number of hydrogen-bond donors (Lipinski definition) is 1. The molecule has 6 nitrogen and oxygen atoms in total. The van der Waals surface area contributed by atoms with Crippen LogP contribution in [0.15, 0.2) is 42.7 Å². The molecular weight excluding hydrogens is 354 g/mol. The lowest BCUT2D eigenvalue weighted by Gasteiger charge is -2.28. The van der Waals surface area contributed by atoms with E-state index in [0.717, 1.165) is 31.2 Å². The number of aromatic nitrogens is 2. The van der Waals surface area contributed by atoms with Crippen LogP contribution in [0.25, 0.3) is 0 Å². The number of halogens is 1. The molecule has 0 unspecified atom stereocenters. The summed E-state index contributed by atoms with van der Waals surface area (Å²) in [7, 11) is 0. The number of carbonyl (C=O) groups excluding carboxylic acids is 1. The molecule has 1 aliphatic carbocycles. The zero-order valence-electron chi connectivity index (χ0n) is 14.4. The molecule has 0 aliphatic heterocycles. The Kier molecular flexibility index (Phi) is 6.80. The highest BCUT2D eigenvalue weighted by molar-refractivity contribution is 6.30. The molecule has 0 saturated heterocycles. The third-order valence-electron chi connectivity index (χ3n) is 4.25. The van der Waals surface area contributed by atoms with Crippen LogP contribution in [0.1, 0.15) is 31.2 Å². The lowest BCUT2D eigenvalue weighted by molar-refractivity contribution is -0.127. The van der Waals surface area contributed by atoms with Crippen molar-refractivity contribution in [1.29, 1.82) is 0 Å². The van der Waals surface area contributed by atoms with Crippen LogP contribution >= 0.6 is 11.6 Å². The fourth-order valence-corrected chi connectivity index (χ4v) is 3.04. The first-order chi connectivity index (χ1) is 12.7. The first kappa shape index (κ1) is 18.6. The lowest BCUT2D eigenvalue weighted by Crippen LogP contribution is -2.41. The second-order valence-corrected chi connectivity index (χ2v) is 6.76. The Balaban J connectivity index is 1.33. The van der Waals surface area contributed by atoms with Crippen molar-refractivity contribution in [2.24, 2.45) is 0 Å². The van der Waals surface area contributed by atoms with Crippen molar-refractivity contribution in [2.45, 2.75) is 44.4 Å². The van der Waals surface area contributed by atoms with E-state index in [1.165, 1.54) is 12.4 Å². The molecule has 0 atom stereocenters. The van der Waals surface area contributed by atoms with E-state index in [1.54, 1.807) is 0 Å². The summed E-state index contributed by atoms with van der Waals surface area (Å²) in [4.78, 5) is 20.1. The van der Waals surface area contributed by atoms with E-state index in [1.807, 2.05) is 30.3 Å². The molecule has 26 heavy (non-hydrogen) atoms. The second kappa shape index (κ2) is 9.50. The summed E-state index contributed by atoms with van der Waals surface area (Å²) in [6, 6.07) is 10.3. The van der Waals surface area contributed by atoms with E-state index >= 15 is 0 Å². The summed E-state index contributed by atoms with van der Waals surface area (Å²) in [5.74, 6) is -0.0775. The highest BCUT2D eigenvalue weighted by atomic mass is 35.5.